The van der Waals surface area contributed by atoms with Crippen LogP contribution in [-0.4, -0.2) is 29.0 Å². The van der Waals surface area contributed by atoms with Crippen LogP contribution >= 0.6 is 23.4 Å². The molecule has 0 N–H and O–H groups in total. The van der Waals surface area contributed by atoms with Gasteiger partial charge in [0.05, 0.1) is 11.8 Å². The second-order valence-electron chi connectivity index (χ2n) is 6.05. The van der Waals surface area contributed by atoms with E-state index in [-0.39, 0.29) is 12.3 Å². The summed E-state index contributed by atoms with van der Waals surface area (Å²) in [6, 6.07) is 16.5. The second-order valence-corrected chi connectivity index (χ2v) is 7.47. The van der Waals surface area contributed by atoms with Gasteiger partial charge in [0.1, 0.15) is 5.75 Å². The maximum atomic E-state index is 6.24. The lowest BCUT2D eigenvalue weighted by molar-refractivity contribution is -0.0180. The van der Waals surface area contributed by atoms with E-state index in [0.29, 0.717) is 0 Å². The number of fused-ring (bicyclic) bond motifs is 3. The predicted octanol–water partition coefficient (Wildman–Crippen LogP) is 4.96. The SMILES string of the molecule is CSCC[C@@H]1Oc2ccccc2[C@@H]2CC(c3cccc(Cl)c3)=NN12. The van der Waals surface area contributed by atoms with E-state index < -0.39 is 0 Å². The zero-order valence-corrected chi connectivity index (χ0v) is 15.1. The molecule has 0 saturated carbocycles. The van der Waals surface area contributed by atoms with Crippen LogP contribution in [0.25, 0.3) is 0 Å². The van der Waals surface area contributed by atoms with Gasteiger partial charge in [-0.3, -0.25) is 5.01 Å². The van der Waals surface area contributed by atoms with Crippen LogP contribution < -0.4 is 4.74 Å². The molecule has 2 aliphatic rings. The Balaban J connectivity index is 1.69. The molecule has 5 heteroatoms. The normalized spacial score (nSPS) is 21.8. The molecule has 24 heavy (non-hydrogen) atoms. The Labute approximate surface area is 151 Å². The number of hydrogen-bond acceptors (Lipinski definition) is 4. The molecule has 0 spiro atoms. The van der Waals surface area contributed by atoms with Crippen molar-refractivity contribution in [3.63, 3.8) is 0 Å². The summed E-state index contributed by atoms with van der Waals surface area (Å²) in [5.74, 6) is 2.05. The lowest BCUT2D eigenvalue weighted by Gasteiger charge is -2.38. The van der Waals surface area contributed by atoms with Crippen molar-refractivity contribution >= 4 is 29.1 Å². The number of hydrazone groups is 1. The Morgan fingerprint density at radius 3 is 2.96 bits per heavy atom. The van der Waals surface area contributed by atoms with E-state index in [4.69, 9.17) is 21.4 Å². The standard InChI is InChI=1S/C19H19ClN2OS/c1-24-10-9-19-22-17(15-7-2-3-8-18(15)23-19)12-16(21-22)13-5-4-6-14(20)11-13/h2-8,11,17,19H,9-10,12H2,1H3/t17-,19-/m0/s1. The van der Waals surface area contributed by atoms with Crippen LogP contribution in [0.1, 0.15) is 30.0 Å². The van der Waals surface area contributed by atoms with Crippen molar-refractivity contribution in [1.29, 1.82) is 0 Å². The smallest absolute Gasteiger partial charge is 0.188 e. The van der Waals surface area contributed by atoms with Crippen molar-refractivity contribution < 1.29 is 4.74 Å². The number of para-hydroxylation sites is 1. The fraction of sp³-hybridized carbons (Fsp3) is 0.316. The Hall–Kier alpha value is -1.65. The van der Waals surface area contributed by atoms with Gasteiger partial charge in [0.25, 0.3) is 0 Å². The first-order chi connectivity index (χ1) is 11.8. The molecule has 2 heterocycles. The summed E-state index contributed by atoms with van der Waals surface area (Å²) in [7, 11) is 0. The molecule has 0 amide bonds. The van der Waals surface area contributed by atoms with E-state index in [1.165, 1.54) is 5.56 Å². The summed E-state index contributed by atoms with van der Waals surface area (Å²) >= 11 is 8.00. The fourth-order valence-electron chi connectivity index (χ4n) is 3.36. The van der Waals surface area contributed by atoms with Gasteiger partial charge in [-0.2, -0.15) is 16.9 Å². The summed E-state index contributed by atoms with van der Waals surface area (Å²) in [6.07, 6.45) is 3.96. The van der Waals surface area contributed by atoms with Crippen molar-refractivity contribution in [1.82, 2.24) is 5.01 Å². The van der Waals surface area contributed by atoms with Crippen LogP contribution in [0, 0.1) is 0 Å². The zero-order valence-electron chi connectivity index (χ0n) is 13.5. The molecular weight excluding hydrogens is 340 g/mol. The van der Waals surface area contributed by atoms with Crippen molar-refractivity contribution in [3.8, 4) is 5.75 Å². The first-order valence-electron chi connectivity index (χ1n) is 8.12. The van der Waals surface area contributed by atoms with Gasteiger partial charge in [-0.05, 0) is 35.8 Å². The number of nitrogens with zero attached hydrogens (tertiary/aromatic N) is 2. The van der Waals surface area contributed by atoms with Crippen molar-refractivity contribution in [2.45, 2.75) is 25.1 Å². The van der Waals surface area contributed by atoms with Gasteiger partial charge >= 0.3 is 0 Å². The van der Waals surface area contributed by atoms with Gasteiger partial charge in [0.2, 0.25) is 0 Å². The maximum absolute atomic E-state index is 6.24. The summed E-state index contributed by atoms with van der Waals surface area (Å²) in [6.45, 7) is 0. The predicted molar refractivity (Wildman–Crippen MR) is 101 cm³/mol. The van der Waals surface area contributed by atoms with E-state index in [1.54, 1.807) is 0 Å². The third-order valence-electron chi connectivity index (χ3n) is 4.51. The molecule has 124 valence electrons. The van der Waals surface area contributed by atoms with E-state index in [0.717, 1.165) is 40.6 Å². The second kappa shape index (κ2) is 6.69. The number of thioether (sulfide) groups is 1. The molecule has 2 aromatic rings. The summed E-state index contributed by atoms with van der Waals surface area (Å²) < 4.78 is 6.24. The van der Waals surface area contributed by atoms with Gasteiger partial charge in [-0.1, -0.05) is 41.9 Å². The molecule has 0 fully saturated rings. The highest BCUT2D eigenvalue weighted by molar-refractivity contribution is 7.98. The number of halogens is 1. The molecule has 0 unspecified atom stereocenters. The van der Waals surface area contributed by atoms with E-state index in [9.17, 15) is 0 Å². The average Bonchev–Trinajstić information content (AvgIpc) is 3.05. The topological polar surface area (TPSA) is 24.8 Å². The summed E-state index contributed by atoms with van der Waals surface area (Å²) in [5.41, 5.74) is 3.40. The minimum atomic E-state index is -0.00552. The van der Waals surface area contributed by atoms with E-state index in [1.807, 2.05) is 36.0 Å². The van der Waals surface area contributed by atoms with E-state index >= 15 is 0 Å². The first-order valence-corrected chi connectivity index (χ1v) is 9.89. The number of rotatable bonds is 4. The maximum Gasteiger partial charge on any atom is 0.188 e. The molecule has 2 atom stereocenters. The Morgan fingerprint density at radius 1 is 1.25 bits per heavy atom. The zero-order chi connectivity index (χ0) is 16.5. The molecule has 0 aliphatic carbocycles. The minimum Gasteiger partial charge on any atom is -0.469 e. The third kappa shape index (κ3) is 2.89. The van der Waals surface area contributed by atoms with Crippen molar-refractivity contribution in [2.24, 2.45) is 5.10 Å². The molecule has 0 bridgehead atoms. The Morgan fingerprint density at radius 2 is 2.12 bits per heavy atom. The molecular formula is C19H19ClN2OS. The van der Waals surface area contributed by atoms with Gasteiger partial charge in [0.15, 0.2) is 6.23 Å². The van der Waals surface area contributed by atoms with Crippen LogP contribution in [0.3, 0.4) is 0 Å². The number of benzene rings is 2. The summed E-state index contributed by atoms with van der Waals surface area (Å²) in [4.78, 5) is 0. The summed E-state index contributed by atoms with van der Waals surface area (Å²) in [5, 5.41) is 7.81. The first kappa shape index (κ1) is 15.9. The average molecular weight is 359 g/mol. The number of ether oxygens (including phenoxy) is 1. The largest absolute Gasteiger partial charge is 0.469 e. The van der Waals surface area contributed by atoms with Crippen molar-refractivity contribution in [3.05, 3.63) is 64.7 Å². The highest BCUT2D eigenvalue weighted by Crippen LogP contribution is 2.43. The highest BCUT2D eigenvalue weighted by atomic mass is 35.5. The molecule has 0 saturated heterocycles. The van der Waals surface area contributed by atoms with Crippen LogP contribution in [0.15, 0.2) is 53.6 Å². The number of hydrogen-bond donors (Lipinski definition) is 0. The van der Waals surface area contributed by atoms with Gasteiger partial charge in [-0.25, -0.2) is 0 Å². The van der Waals surface area contributed by atoms with Crippen molar-refractivity contribution in [2.75, 3.05) is 12.0 Å². The van der Waals surface area contributed by atoms with E-state index in [2.05, 4.69) is 35.5 Å². The van der Waals surface area contributed by atoms with Gasteiger partial charge < -0.3 is 4.74 Å². The minimum absolute atomic E-state index is 0.00552. The molecule has 3 nitrogen and oxygen atoms in total. The van der Waals surface area contributed by atoms with Crippen LogP contribution in [-0.2, 0) is 0 Å². The van der Waals surface area contributed by atoms with Crippen LogP contribution in [0.2, 0.25) is 5.02 Å². The Kier molecular flexibility index (Phi) is 4.42. The third-order valence-corrected chi connectivity index (χ3v) is 5.38. The van der Waals surface area contributed by atoms with Gasteiger partial charge in [-0.15, -0.1) is 0 Å². The van der Waals surface area contributed by atoms with Crippen LogP contribution in [0.5, 0.6) is 5.75 Å². The van der Waals surface area contributed by atoms with Gasteiger partial charge in [0, 0.05) is 23.4 Å². The Bertz CT molecular complexity index is 779. The molecule has 0 aromatic heterocycles. The molecule has 4 rings (SSSR count). The highest BCUT2D eigenvalue weighted by Gasteiger charge is 2.39. The quantitative estimate of drug-likeness (QED) is 0.772. The lowest BCUT2D eigenvalue weighted by atomic mass is 9.96. The van der Waals surface area contributed by atoms with Crippen LogP contribution in [0.4, 0.5) is 0 Å². The molecule has 2 aliphatic heterocycles. The monoisotopic (exact) mass is 358 g/mol. The fourth-order valence-corrected chi connectivity index (χ4v) is 3.99. The lowest BCUT2D eigenvalue weighted by Crippen LogP contribution is -2.40. The molecule has 0 radical (unpaired) electrons. The molecule has 2 aromatic carbocycles.